The number of halogens is 2. The molecule has 0 amide bonds. The standard InChI is InChI=1S/C9H10FNO2.ClH/c10-7-3-1-2-6(4-7)5-8(11)9(12)13;/h1-4,8H,5,11H2,(H,12,13);1H/t8-;/m1./s1. The highest BCUT2D eigenvalue weighted by atomic mass is 35.5. The summed E-state index contributed by atoms with van der Waals surface area (Å²) in [4.78, 5) is 10.4. The predicted octanol–water partition coefficient (Wildman–Crippen LogP) is 1.20. The van der Waals surface area contributed by atoms with Crippen LogP contribution in [0.5, 0.6) is 0 Å². The first-order chi connectivity index (χ1) is 6.09. The summed E-state index contributed by atoms with van der Waals surface area (Å²) in [6, 6.07) is 4.78. The van der Waals surface area contributed by atoms with Gasteiger partial charge in [0, 0.05) is 0 Å². The number of aliphatic carboxylic acids is 1. The first kappa shape index (κ1) is 12.9. The van der Waals surface area contributed by atoms with Gasteiger partial charge >= 0.3 is 5.97 Å². The fourth-order valence-electron chi connectivity index (χ4n) is 1.01. The lowest BCUT2D eigenvalue weighted by Gasteiger charge is -2.05. The number of hydrogen-bond acceptors (Lipinski definition) is 2. The van der Waals surface area contributed by atoms with Crippen molar-refractivity contribution in [2.75, 3.05) is 0 Å². The van der Waals surface area contributed by atoms with Crippen LogP contribution in [0.4, 0.5) is 4.39 Å². The Bertz CT molecular complexity index is 319. The van der Waals surface area contributed by atoms with Crippen LogP contribution in [0.1, 0.15) is 5.56 Å². The molecule has 0 aromatic heterocycles. The van der Waals surface area contributed by atoms with Crippen LogP contribution >= 0.6 is 12.4 Å². The van der Waals surface area contributed by atoms with Gasteiger partial charge in [-0.15, -0.1) is 12.4 Å². The largest absolute Gasteiger partial charge is 0.480 e. The van der Waals surface area contributed by atoms with Gasteiger partial charge in [0.25, 0.3) is 0 Å². The average molecular weight is 220 g/mol. The van der Waals surface area contributed by atoms with Gasteiger partial charge in [0.15, 0.2) is 0 Å². The van der Waals surface area contributed by atoms with Crippen molar-refractivity contribution in [2.24, 2.45) is 5.73 Å². The highest BCUT2D eigenvalue weighted by Gasteiger charge is 2.11. The predicted molar refractivity (Wildman–Crippen MR) is 53.0 cm³/mol. The summed E-state index contributed by atoms with van der Waals surface area (Å²) in [6.45, 7) is 0. The van der Waals surface area contributed by atoms with E-state index in [4.69, 9.17) is 10.8 Å². The Morgan fingerprint density at radius 3 is 2.71 bits per heavy atom. The van der Waals surface area contributed by atoms with Crippen LogP contribution in [0.2, 0.25) is 0 Å². The first-order valence-corrected chi connectivity index (χ1v) is 3.82. The quantitative estimate of drug-likeness (QED) is 0.803. The number of rotatable bonds is 3. The highest BCUT2D eigenvalue weighted by Crippen LogP contribution is 2.05. The zero-order valence-electron chi connectivity index (χ0n) is 7.31. The van der Waals surface area contributed by atoms with E-state index in [2.05, 4.69) is 0 Å². The van der Waals surface area contributed by atoms with Gasteiger partial charge in [0.05, 0.1) is 0 Å². The summed E-state index contributed by atoms with van der Waals surface area (Å²) in [6.07, 6.45) is 0.146. The normalized spacial score (nSPS) is 11.6. The van der Waals surface area contributed by atoms with E-state index in [0.717, 1.165) is 0 Å². The second-order valence-electron chi connectivity index (χ2n) is 2.78. The number of carboxylic acids is 1. The summed E-state index contributed by atoms with van der Waals surface area (Å²) < 4.78 is 12.6. The molecule has 1 atom stereocenters. The van der Waals surface area contributed by atoms with E-state index in [0.29, 0.717) is 5.56 Å². The van der Waals surface area contributed by atoms with E-state index in [9.17, 15) is 9.18 Å². The third-order valence-electron chi connectivity index (χ3n) is 1.66. The third kappa shape index (κ3) is 3.72. The van der Waals surface area contributed by atoms with Gasteiger partial charge in [-0.3, -0.25) is 4.79 Å². The maximum absolute atomic E-state index is 12.6. The van der Waals surface area contributed by atoms with Gasteiger partial charge in [-0.2, -0.15) is 0 Å². The van der Waals surface area contributed by atoms with Crippen LogP contribution in [0.25, 0.3) is 0 Å². The van der Waals surface area contributed by atoms with Gasteiger partial charge in [-0.05, 0) is 24.1 Å². The molecule has 1 aromatic carbocycles. The van der Waals surface area contributed by atoms with Crippen molar-refractivity contribution in [3.05, 3.63) is 35.6 Å². The molecular formula is C9H11ClFNO2. The molecule has 0 aliphatic carbocycles. The molecule has 14 heavy (non-hydrogen) atoms. The number of benzene rings is 1. The zero-order chi connectivity index (χ0) is 9.84. The Hall–Kier alpha value is -1.13. The molecule has 1 aromatic rings. The van der Waals surface area contributed by atoms with Crippen LogP contribution in [0.15, 0.2) is 24.3 Å². The Labute approximate surface area is 87.1 Å². The minimum absolute atomic E-state index is 0. The van der Waals surface area contributed by atoms with E-state index >= 15 is 0 Å². The van der Waals surface area contributed by atoms with Crippen molar-refractivity contribution >= 4 is 18.4 Å². The van der Waals surface area contributed by atoms with Crippen molar-refractivity contribution in [2.45, 2.75) is 12.5 Å². The molecule has 0 radical (unpaired) electrons. The molecule has 0 unspecified atom stereocenters. The topological polar surface area (TPSA) is 63.3 Å². The SMILES string of the molecule is Cl.N[C@H](Cc1cccc(F)c1)C(=O)O. The molecule has 3 N–H and O–H groups in total. The van der Waals surface area contributed by atoms with Gasteiger partial charge in [0.2, 0.25) is 0 Å². The molecule has 0 saturated heterocycles. The maximum atomic E-state index is 12.6. The molecule has 1 rings (SSSR count). The van der Waals surface area contributed by atoms with E-state index in [1.165, 1.54) is 18.2 Å². The van der Waals surface area contributed by atoms with Gasteiger partial charge in [-0.25, -0.2) is 4.39 Å². The van der Waals surface area contributed by atoms with E-state index < -0.39 is 12.0 Å². The van der Waals surface area contributed by atoms with Crippen LogP contribution in [0, 0.1) is 5.82 Å². The second-order valence-corrected chi connectivity index (χ2v) is 2.78. The van der Waals surface area contributed by atoms with Crippen LogP contribution in [0.3, 0.4) is 0 Å². The Balaban J connectivity index is 0.00000169. The molecule has 0 spiro atoms. The minimum atomic E-state index is -1.08. The molecule has 78 valence electrons. The lowest BCUT2D eigenvalue weighted by Crippen LogP contribution is -2.32. The molecule has 0 bridgehead atoms. The minimum Gasteiger partial charge on any atom is -0.480 e. The number of carboxylic acid groups (broad SMARTS) is 1. The maximum Gasteiger partial charge on any atom is 0.320 e. The van der Waals surface area contributed by atoms with E-state index in [1.54, 1.807) is 6.07 Å². The molecule has 0 fully saturated rings. The van der Waals surface area contributed by atoms with Crippen molar-refractivity contribution in [3.63, 3.8) is 0 Å². The Kier molecular flexibility index (Phi) is 5.12. The Morgan fingerprint density at radius 1 is 1.57 bits per heavy atom. The first-order valence-electron chi connectivity index (χ1n) is 3.82. The monoisotopic (exact) mass is 219 g/mol. The fraction of sp³-hybridized carbons (Fsp3) is 0.222. The van der Waals surface area contributed by atoms with E-state index in [1.807, 2.05) is 0 Å². The molecule has 5 heteroatoms. The molecule has 0 aliphatic heterocycles. The number of carbonyl (C=O) groups is 1. The van der Waals surface area contributed by atoms with Crippen molar-refractivity contribution < 1.29 is 14.3 Å². The van der Waals surface area contributed by atoms with Crippen LogP contribution in [-0.2, 0) is 11.2 Å². The van der Waals surface area contributed by atoms with Gasteiger partial charge in [0.1, 0.15) is 11.9 Å². The zero-order valence-corrected chi connectivity index (χ0v) is 8.13. The molecule has 0 saturated carbocycles. The van der Waals surface area contributed by atoms with Crippen LogP contribution in [-0.4, -0.2) is 17.1 Å². The fourth-order valence-corrected chi connectivity index (χ4v) is 1.01. The Morgan fingerprint density at radius 2 is 2.21 bits per heavy atom. The number of nitrogens with two attached hydrogens (primary N) is 1. The average Bonchev–Trinajstić information content (AvgIpc) is 2.04. The summed E-state index contributed by atoms with van der Waals surface area (Å²) in [5.74, 6) is -1.46. The van der Waals surface area contributed by atoms with Crippen molar-refractivity contribution in [3.8, 4) is 0 Å². The lowest BCUT2D eigenvalue weighted by molar-refractivity contribution is -0.138. The molecule has 3 nitrogen and oxygen atoms in total. The van der Waals surface area contributed by atoms with Crippen molar-refractivity contribution in [1.29, 1.82) is 0 Å². The van der Waals surface area contributed by atoms with E-state index in [-0.39, 0.29) is 24.6 Å². The molecule has 0 heterocycles. The third-order valence-corrected chi connectivity index (χ3v) is 1.66. The number of hydrogen-bond donors (Lipinski definition) is 2. The highest BCUT2D eigenvalue weighted by molar-refractivity contribution is 5.85. The summed E-state index contributed by atoms with van der Waals surface area (Å²) in [7, 11) is 0. The summed E-state index contributed by atoms with van der Waals surface area (Å²) >= 11 is 0. The molecular weight excluding hydrogens is 209 g/mol. The van der Waals surface area contributed by atoms with Gasteiger partial charge < -0.3 is 10.8 Å². The van der Waals surface area contributed by atoms with Crippen LogP contribution < -0.4 is 5.73 Å². The smallest absolute Gasteiger partial charge is 0.320 e. The summed E-state index contributed by atoms with van der Waals surface area (Å²) in [5, 5.41) is 8.49. The molecule has 0 aliphatic rings. The summed E-state index contributed by atoms with van der Waals surface area (Å²) in [5.41, 5.74) is 5.87. The second kappa shape index (κ2) is 5.57. The van der Waals surface area contributed by atoms with Crippen molar-refractivity contribution in [1.82, 2.24) is 0 Å². The van der Waals surface area contributed by atoms with Gasteiger partial charge in [-0.1, -0.05) is 12.1 Å². The lowest BCUT2D eigenvalue weighted by atomic mass is 10.1.